The molecule has 18 heavy (non-hydrogen) atoms. The van der Waals surface area contributed by atoms with Gasteiger partial charge in [-0.2, -0.15) is 5.10 Å². The number of nitrogens with zero attached hydrogens (tertiary/aromatic N) is 3. The van der Waals surface area contributed by atoms with Crippen molar-refractivity contribution in [1.29, 1.82) is 0 Å². The number of nitrogens with two attached hydrogens (primary N) is 1. The summed E-state index contributed by atoms with van der Waals surface area (Å²) < 4.78 is 0. The van der Waals surface area contributed by atoms with Crippen molar-refractivity contribution in [2.24, 2.45) is 5.73 Å². The number of amides is 1. The Balaban J connectivity index is 1.94. The van der Waals surface area contributed by atoms with Gasteiger partial charge in [0, 0.05) is 36.4 Å². The van der Waals surface area contributed by atoms with Crippen LogP contribution in [0.3, 0.4) is 0 Å². The summed E-state index contributed by atoms with van der Waals surface area (Å²) in [6.45, 7) is 3.26. The molecular formula is C12H15N5O. The molecule has 1 amide bonds. The maximum atomic E-state index is 12.3. The Kier molecular flexibility index (Phi) is 2.52. The van der Waals surface area contributed by atoms with E-state index in [9.17, 15) is 4.79 Å². The van der Waals surface area contributed by atoms with E-state index < -0.39 is 0 Å². The van der Waals surface area contributed by atoms with Gasteiger partial charge in [0.2, 0.25) is 0 Å². The van der Waals surface area contributed by atoms with E-state index in [1.54, 1.807) is 11.1 Å². The molecule has 0 radical (unpaired) electrons. The molecule has 94 valence electrons. The van der Waals surface area contributed by atoms with E-state index in [4.69, 9.17) is 5.73 Å². The van der Waals surface area contributed by atoms with Gasteiger partial charge in [0.05, 0.1) is 5.56 Å². The number of nitrogens with one attached hydrogen (secondary N) is 1. The fourth-order valence-electron chi connectivity index (χ4n) is 2.29. The molecule has 2 aromatic heterocycles. The first-order valence-electron chi connectivity index (χ1n) is 6.01. The normalized spacial score (nSPS) is 19.7. The third kappa shape index (κ3) is 1.74. The van der Waals surface area contributed by atoms with Gasteiger partial charge in [-0.25, -0.2) is 4.98 Å². The van der Waals surface area contributed by atoms with Crippen molar-refractivity contribution in [2.75, 3.05) is 13.1 Å². The molecule has 6 heteroatoms. The highest BCUT2D eigenvalue weighted by molar-refractivity contribution is 5.97. The SMILES string of the molecule is Cc1[nH]nc2ncc(C(=O)N3CC[C@@H](N)C3)cc12. The van der Waals surface area contributed by atoms with Gasteiger partial charge < -0.3 is 10.6 Å². The fraction of sp³-hybridized carbons (Fsp3) is 0.417. The van der Waals surface area contributed by atoms with Crippen LogP contribution in [-0.2, 0) is 0 Å². The van der Waals surface area contributed by atoms with E-state index in [0.29, 0.717) is 17.8 Å². The van der Waals surface area contributed by atoms with Crippen LogP contribution in [0.15, 0.2) is 12.3 Å². The zero-order chi connectivity index (χ0) is 12.7. The second-order valence-corrected chi connectivity index (χ2v) is 4.74. The van der Waals surface area contributed by atoms with Crippen molar-refractivity contribution in [1.82, 2.24) is 20.1 Å². The Bertz CT molecular complexity index is 606. The maximum Gasteiger partial charge on any atom is 0.255 e. The van der Waals surface area contributed by atoms with Gasteiger partial charge >= 0.3 is 0 Å². The molecule has 3 N–H and O–H groups in total. The minimum absolute atomic E-state index is 0.00190. The summed E-state index contributed by atoms with van der Waals surface area (Å²) in [5, 5.41) is 7.80. The molecular weight excluding hydrogens is 230 g/mol. The minimum Gasteiger partial charge on any atom is -0.337 e. The molecule has 1 aliphatic heterocycles. The number of hydrogen-bond acceptors (Lipinski definition) is 4. The average molecular weight is 245 g/mol. The molecule has 1 aliphatic rings. The van der Waals surface area contributed by atoms with Gasteiger partial charge in [-0.1, -0.05) is 0 Å². The Morgan fingerprint density at radius 3 is 3.17 bits per heavy atom. The van der Waals surface area contributed by atoms with E-state index in [2.05, 4.69) is 15.2 Å². The number of aromatic nitrogens is 3. The summed E-state index contributed by atoms with van der Waals surface area (Å²) in [6.07, 6.45) is 2.45. The summed E-state index contributed by atoms with van der Waals surface area (Å²) in [5.74, 6) is -0.00190. The fourth-order valence-corrected chi connectivity index (χ4v) is 2.29. The number of carbonyl (C=O) groups is 1. The summed E-state index contributed by atoms with van der Waals surface area (Å²) in [7, 11) is 0. The number of fused-ring (bicyclic) bond motifs is 1. The molecule has 1 saturated heterocycles. The number of likely N-dealkylation sites (tertiary alicyclic amines) is 1. The van der Waals surface area contributed by atoms with Crippen molar-refractivity contribution >= 4 is 16.9 Å². The van der Waals surface area contributed by atoms with E-state index in [-0.39, 0.29) is 11.9 Å². The van der Waals surface area contributed by atoms with Crippen LogP contribution in [0.1, 0.15) is 22.5 Å². The predicted octanol–water partition coefficient (Wildman–Crippen LogP) is 0.440. The molecule has 3 heterocycles. The molecule has 0 spiro atoms. The van der Waals surface area contributed by atoms with Crippen molar-refractivity contribution in [2.45, 2.75) is 19.4 Å². The summed E-state index contributed by atoms with van der Waals surface area (Å²) in [6, 6.07) is 1.94. The number of H-pyrrole nitrogens is 1. The number of pyridine rings is 1. The summed E-state index contributed by atoms with van der Waals surface area (Å²) in [4.78, 5) is 18.2. The topological polar surface area (TPSA) is 87.9 Å². The molecule has 2 aromatic rings. The van der Waals surface area contributed by atoms with E-state index in [1.165, 1.54) is 0 Å². The Morgan fingerprint density at radius 1 is 1.61 bits per heavy atom. The van der Waals surface area contributed by atoms with E-state index in [1.807, 2.05) is 13.0 Å². The predicted molar refractivity (Wildman–Crippen MR) is 67.1 cm³/mol. The molecule has 0 unspecified atom stereocenters. The van der Waals surface area contributed by atoms with Crippen LogP contribution >= 0.6 is 0 Å². The largest absolute Gasteiger partial charge is 0.337 e. The van der Waals surface area contributed by atoms with Crippen LogP contribution in [0.4, 0.5) is 0 Å². The third-order valence-electron chi connectivity index (χ3n) is 3.36. The lowest BCUT2D eigenvalue weighted by Crippen LogP contribution is -2.31. The van der Waals surface area contributed by atoms with Gasteiger partial charge in [-0.05, 0) is 19.4 Å². The average Bonchev–Trinajstić information content (AvgIpc) is 2.95. The first kappa shape index (κ1) is 11.2. The van der Waals surface area contributed by atoms with Gasteiger partial charge in [-0.15, -0.1) is 0 Å². The molecule has 0 aliphatic carbocycles. The zero-order valence-electron chi connectivity index (χ0n) is 10.2. The van der Waals surface area contributed by atoms with Gasteiger partial charge in [0.15, 0.2) is 5.65 Å². The molecule has 1 fully saturated rings. The first-order chi connectivity index (χ1) is 8.65. The van der Waals surface area contributed by atoms with Gasteiger partial charge in [0.1, 0.15) is 0 Å². The molecule has 3 rings (SSSR count). The van der Waals surface area contributed by atoms with Crippen LogP contribution in [-0.4, -0.2) is 45.1 Å². The lowest BCUT2D eigenvalue weighted by Gasteiger charge is -2.15. The van der Waals surface area contributed by atoms with Crippen molar-refractivity contribution in [3.63, 3.8) is 0 Å². The Labute approximate surface area is 104 Å². The molecule has 6 nitrogen and oxygen atoms in total. The van der Waals surface area contributed by atoms with Crippen LogP contribution in [0.25, 0.3) is 11.0 Å². The van der Waals surface area contributed by atoms with E-state index in [0.717, 1.165) is 24.0 Å². The molecule has 0 aromatic carbocycles. The number of rotatable bonds is 1. The smallest absolute Gasteiger partial charge is 0.255 e. The van der Waals surface area contributed by atoms with Crippen molar-refractivity contribution in [3.8, 4) is 0 Å². The van der Waals surface area contributed by atoms with Gasteiger partial charge in [-0.3, -0.25) is 9.89 Å². The monoisotopic (exact) mass is 245 g/mol. The third-order valence-corrected chi connectivity index (χ3v) is 3.36. The summed E-state index contributed by atoms with van der Waals surface area (Å²) >= 11 is 0. The van der Waals surface area contributed by atoms with Crippen LogP contribution < -0.4 is 5.73 Å². The standard InChI is InChI=1S/C12H15N5O/c1-7-10-4-8(5-14-11(10)16-15-7)12(18)17-3-2-9(13)6-17/h4-5,9H,2-3,6,13H2,1H3,(H,14,15,16)/t9-/m1/s1. The second kappa shape index (κ2) is 4.06. The van der Waals surface area contributed by atoms with E-state index >= 15 is 0 Å². The van der Waals surface area contributed by atoms with Crippen molar-refractivity contribution in [3.05, 3.63) is 23.5 Å². The lowest BCUT2D eigenvalue weighted by atomic mass is 10.2. The van der Waals surface area contributed by atoms with Crippen molar-refractivity contribution < 1.29 is 4.79 Å². The van der Waals surface area contributed by atoms with Gasteiger partial charge in [0.25, 0.3) is 5.91 Å². The highest BCUT2D eigenvalue weighted by Crippen LogP contribution is 2.17. The highest BCUT2D eigenvalue weighted by atomic mass is 16.2. The number of carbonyl (C=O) groups excluding carboxylic acids is 1. The molecule has 1 atom stereocenters. The quantitative estimate of drug-likeness (QED) is 0.763. The zero-order valence-corrected chi connectivity index (χ0v) is 10.2. The Morgan fingerprint density at radius 2 is 2.44 bits per heavy atom. The minimum atomic E-state index is -0.00190. The second-order valence-electron chi connectivity index (χ2n) is 4.74. The van der Waals surface area contributed by atoms with Crippen LogP contribution in [0.2, 0.25) is 0 Å². The Hall–Kier alpha value is -1.95. The highest BCUT2D eigenvalue weighted by Gasteiger charge is 2.25. The molecule has 0 bridgehead atoms. The summed E-state index contributed by atoms with van der Waals surface area (Å²) in [5.41, 5.74) is 7.98. The maximum absolute atomic E-state index is 12.3. The van der Waals surface area contributed by atoms with Crippen LogP contribution in [0.5, 0.6) is 0 Å². The molecule has 0 saturated carbocycles. The van der Waals surface area contributed by atoms with Crippen LogP contribution in [0, 0.1) is 6.92 Å². The number of hydrogen-bond donors (Lipinski definition) is 2. The number of aromatic amines is 1. The first-order valence-corrected chi connectivity index (χ1v) is 6.01. The lowest BCUT2D eigenvalue weighted by molar-refractivity contribution is 0.0790. The number of aryl methyl sites for hydroxylation is 1.